The Morgan fingerprint density at radius 2 is 0.852 bits per heavy atom. The van der Waals surface area contributed by atoms with Crippen molar-refractivity contribution in [3.8, 4) is 11.4 Å². The molecule has 3 aliphatic heterocycles. The smallest absolute Gasteiger partial charge is 0.252 e. The molecule has 9 aromatic carbocycles. The Bertz CT molecular complexity index is 4680. The zero-order chi connectivity index (χ0) is 56.5. The van der Waals surface area contributed by atoms with Crippen LogP contribution in [0.5, 0.6) is 0 Å². The van der Waals surface area contributed by atoms with E-state index in [2.05, 4.69) is 281 Å². The maximum Gasteiger partial charge on any atom is 0.252 e. The number of benzene rings is 9. The third-order valence-electron chi connectivity index (χ3n) is 18.6. The Hall–Kier alpha value is -7.54. The third-order valence-corrected chi connectivity index (χ3v) is 19.7. The van der Waals surface area contributed by atoms with Crippen molar-refractivity contribution in [3.05, 3.63) is 185 Å². The number of anilines is 6. The Labute approximate surface area is 482 Å². The lowest BCUT2D eigenvalue weighted by Crippen LogP contribution is -2.62. The number of aryl methyl sites for hydroxylation is 1. The largest absolute Gasteiger partial charge is 0.311 e. The van der Waals surface area contributed by atoms with Crippen LogP contribution in [0.2, 0.25) is 0 Å². The van der Waals surface area contributed by atoms with E-state index in [0.717, 1.165) is 5.69 Å². The molecule has 6 heteroatoms. The van der Waals surface area contributed by atoms with Crippen LogP contribution < -0.4 is 26.2 Å². The number of thiophene rings is 1. The van der Waals surface area contributed by atoms with Crippen molar-refractivity contribution in [1.82, 2.24) is 9.13 Å². The van der Waals surface area contributed by atoms with Crippen LogP contribution in [0.1, 0.15) is 137 Å². The molecule has 4 nitrogen and oxygen atoms in total. The van der Waals surface area contributed by atoms with Gasteiger partial charge >= 0.3 is 0 Å². The van der Waals surface area contributed by atoms with Gasteiger partial charge in [-0.05, 0) is 181 Å². The number of hydrogen-bond acceptors (Lipinski definition) is 3. The SMILES string of the molecule is Cc1cc2c3c(c1)N1c4c(cc(C(C)(C)C)cc4-n4c5ccc(C(C)(C)C)cc5c5cc(C(C)(C)C)cc1c54)B3c1ccc(-n3c4ccc(C(C)(C)C)cc4c4cc(C(C)(C)C)ccc43)cc1N2c1ccc2c(c1)sc1ccccc12. The fraction of sp³-hybridized carbons (Fsp3) is 0.280. The number of hydrogen-bond donors (Lipinski definition) is 0. The molecule has 0 radical (unpaired) electrons. The van der Waals surface area contributed by atoms with Crippen molar-refractivity contribution in [1.29, 1.82) is 0 Å². The van der Waals surface area contributed by atoms with E-state index in [1.807, 2.05) is 11.3 Å². The van der Waals surface area contributed by atoms with Crippen LogP contribution in [0.15, 0.2) is 152 Å². The molecule has 0 amide bonds. The lowest BCUT2D eigenvalue weighted by atomic mass is 9.33. The first-order chi connectivity index (χ1) is 38.2. The molecule has 3 aliphatic rings. The van der Waals surface area contributed by atoms with Crippen molar-refractivity contribution >= 4 is 132 Å². The van der Waals surface area contributed by atoms with Crippen LogP contribution >= 0.6 is 11.3 Å². The molecule has 0 saturated heterocycles. The molecule has 15 rings (SSSR count). The van der Waals surface area contributed by atoms with E-state index in [4.69, 9.17) is 0 Å². The van der Waals surface area contributed by atoms with Crippen molar-refractivity contribution < 1.29 is 0 Å². The average Bonchev–Trinajstić information content (AvgIpc) is 2.58. The summed E-state index contributed by atoms with van der Waals surface area (Å²) < 4.78 is 7.82. The maximum atomic E-state index is 2.71. The molecule has 0 spiro atoms. The summed E-state index contributed by atoms with van der Waals surface area (Å²) in [6.45, 7) is 37.6. The zero-order valence-corrected chi connectivity index (χ0v) is 51.0. The van der Waals surface area contributed by atoms with Gasteiger partial charge in [-0.1, -0.05) is 158 Å². The highest BCUT2D eigenvalue weighted by Crippen LogP contribution is 2.55. The van der Waals surface area contributed by atoms with Crippen LogP contribution in [0, 0.1) is 6.92 Å². The highest BCUT2D eigenvalue weighted by atomic mass is 32.1. The molecule has 0 unspecified atom stereocenters. The summed E-state index contributed by atoms with van der Waals surface area (Å²) in [6, 6.07) is 60.6. The van der Waals surface area contributed by atoms with E-state index in [9.17, 15) is 0 Å². The number of fused-ring (bicyclic) bond motifs is 15. The summed E-state index contributed by atoms with van der Waals surface area (Å²) in [7, 11) is 0. The fourth-order valence-corrected chi connectivity index (χ4v) is 15.2. The van der Waals surface area contributed by atoms with E-state index in [0.29, 0.717) is 0 Å². The second-order valence-corrected chi connectivity index (χ2v) is 30.4. The van der Waals surface area contributed by atoms with Crippen LogP contribution in [-0.4, -0.2) is 15.8 Å². The molecule has 0 aliphatic carbocycles. The topological polar surface area (TPSA) is 16.3 Å². The first-order valence-electron chi connectivity index (χ1n) is 29.4. The first-order valence-corrected chi connectivity index (χ1v) is 30.3. The van der Waals surface area contributed by atoms with Crippen LogP contribution in [0.4, 0.5) is 34.1 Å². The van der Waals surface area contributed by atoms with Gasteiger partial charge in [-0.3, -0.25) is 0 Å². The van der Waals surface area contributed by atoms with Crippen LogP contribution in [-0.2, 0) is 27.1 Å². The van der Waals surface area contributed by atoms with Gasteiger partial charge < -0.3 is 18.9 Å². The summed E-state index contributed by atoms with van der Waals surface area (Å²) in [5.74, 6) is 0. The molecule has 0 atom stereocenters. The van der Waals surface area contributed by atoms with Gasteiger partial charge in [0.25, 0.3) is 6.71 Å². The van der Waals surface area contributed by atoms with Gasteiger partial charge in [0.05, 0.1) is 39.1 Å². The minimum absolute atomic E-state index is 0.00270. The summed E-state index contributed by atoms with van der Waals surface area (Å²) in [5, 5.41) is 7.86. The van der Waals surface area contributed by atoms with Crippen molar-refractivity contribution in [3.63, 3.8) is 0 Å². The summed E-state index contributed by atoms with van der Waals surface area (Å²) in [4.78, 5) is 5.35. The Morgan fingerprint density at radius 3 is 1.46 bits per heavy atom. The molecule has 3 aromatic heterocycles. The molecule has 0 fully saturated rings. The third kappa shape index (κ3) is 7.27. The molecule has 81 heavy (non-hydrogen) atoms. The molecule has 402 valence electrons. The lowest BCUT2D eigenvalue weighted by molar-refractivity contribution is 0.590. The van der Waals surface area contributed by atoms with Crippen LogP contribution in [0.3, 0.4) is 0 Å². The minimum Gasteiger partial charge on any atom is -0.311 e. The van der Waals surface area contributed by atoms with E-state index in [-0.39, 0.29) is 33.8 Å². The molecule has 12 aromatic rings. The Kier molecular flexibility index (Phi) is 10.2. The Morgan fingerprint density at radius 1 is 0.346 bits per heavy atom. The van der Waals surface area contributed by atoms with E-state index in [1.54, 1.807) is 0 Å². The first kappa shape index (κ1) is 50.4. The molecule has 0 bridgehead atoms. The fourth-order valence-electron chi connectivity index (χ4n) is 14.0. The average molecular weight is 1070 g/mol. The highest BCUT2D eigenvalue weighted by molar-refractivity contribution is 7.25. The van der Waals surface area contributed by atoms with Gasteiger partial charge in [0, 0.05) is 70.2 Å². The highest BCUT2D eigenvalue weighted by Gasteiger charge is 2.47. The van der Waals surface area contributed by atoms with Gasteiger partial charge in [-0.25, -0.2) is 0 Å². The van der Waals surface area contributed by atoms with Gasteiger partial charge in [-0.2, -0.15) is 0 Å². The number of aromatic nitrogens is 2. The second kappa shape index (κ2) is 16.3. The second-order valence-electron chi connectivity index (χ2n) is 29.3. The lowest BCUT2D eigenvalue weighted by Gasteiger charge is -2.47. The van der Waals surface area contributed by atoms with E-state index in [1.165, 1.54) is 153 Å². The van der Waals surface area contributed by atoms with E-state index >= 15 is 0 Å². The Balaban J connectivity index is 1.07. The van der Waals surface area contributed by atoms with Crippen molar-refractivity contribution in [2.75, 3.05) is 9.80 Å². The van der Waals surface area contributed by atoms with Gasteiger partial charge in [0.2, 0.25) is 0 Å². The summed E-state index contributed by atoms with van der Waals surface area (Å²) in [6.07, 6.45) is 0. The zero-order valence-electron chi connectivity index (χ0n) is 50.2. The van der Waals surface area contributed by atoms with E-state index < -0.39 is 0 Å². The maximum absolute atomic E-state index is 2.71. The summed E-state index contributed by atoms with van der Waals surface area (Å²) >= 11 is 1.90. The number of nitrogens with zero attached hydrogens (tertiary/aromatic N) is 4. The van der Waals surface area contributed by atoms with Crippen LogP contribution in [0.25, 0.3) is 75.2 Å². The predicted molar refractivity (Wildman–Crippen MR) is 354 cm³/mol. The quantitative estimate of drug-likeness (QED) is 0.160. The van der Waals surface area contributed by atoms with Crippen molar-refractivity contribution in [2.45, 2.75) is 138 Å². The molecular weight excluding hydrogens is 1000 g/mol. The molecule has 0 N–H and O–H groups in total. The molecule has 0 saturated carbocycles. The monoisotopic (exact) mass is 1070 g/mol. The molecular formula is C75H73BN4S. The van der Waals surface area contributed by atoms with Crippen molar-refractivity contribution in [2.24, 2.45) is 0 Å². The normalized spacial score (nSPS) is 14.3. The van der Waals surface area contributed by atoms with Gasteiger partial charge in [0.15, 0.2) is 0 Å². The minimum atomic E-state index is -0.131. The standard InChI is InChI=1S/C75H73BN4S/c1-42-31-62-68-63(32-42)80-64-38-46(74(11,12)13)36-55-54-35-45(73(8,9)10)23-30-60(54)79(69(55)64)65-39-47(75(14,15)16)37-57(70(65)80)76(68)56-27-25-48(40-61(56)78(62)49-24-26-51-50-19-17-18-20-66(50)81-67(51)41-49)77-58-28-21-43(71(2,3)4)33-52(58)53-34-44(72(5,6)7)22-29-59(53)77/h17-41H,1-16H3. The van der Waals surface area contributed by atoms with Gasteiger partial charge in [0.1, 0.15) is 0 Å². The summed E-state index contributed by atoms with van der Waals surface area (Å²) in [5.41, 5.74) is 26.6. The van der Waals surface area contributed by atoms with Gasteiger partial charge in [-0.15, -0.1) is 11.3 Å². The molecule has 6 heterocycles. The number of rotatable bonds is 2. The predicted octanol–water partition coefficient (Wildman–Crippen LogP) is 19.4.